The van der Waals surface area contributed by atoms with Crippen LogP contribution in [0.25, 0.3) is 0 Å². The van der Waals surface area contributed by atoms with Crippen LogP contribution < -0.4 is 9.62 Å². The number of carbonyl (C=O) groups is 1. The lowest BCUT2D eigenvalue weighted by Gasteiger charge is -2.25. The van der Waals surface area contributed by atoms with Crippen molar-refractivity contribution < 1.29 is 13.2 Å². The molecular weight excluding hydrogens is 464 g/mol. The highest BCUT2D eigenvalue weighted by Crippen LogP contribution is 2.26. The number of carbonyl (C=O) groups excluding carboxylic acids is 1. The van der Waals surface area contributed by atoms with Gasteiger partial charge in [-0.2, -0.15) is 0 Å². The van der Waals surface area contributed by atoms with Crippen LogP contribution in [0.4, 0.5) is 5.69 Å². The van der Waals surface area contributed by atoms with E-state index < -0.39 is 10.0 Å². The summed E-state index contributed by atoms with van der Waals surface area (Å²) in [6.45, 7) is 8.01. The summed E-state index contributed by atoms with van der Waals surface area (Å²) in [6.07, 6.45) is 0.790. The molecule has 0 heterocycles. The molecular formula is C27H32N2O3S2. The van der Waals surface area contributed by atoms with Gasteiger partial charge in [-0.25, -0.2) is 8.42 Å². The number of rotatable bonds is 10. The molecule has 0 aromatic heterocycles. The van der Waals surface area contributed by atoms with Crippen molar-refractivity contribution in [3.05, 3.63) is 89.0 Å². The molecule has 5 nitrogen and oxygen atoms in total. The van der Waals surface area contributed by atoms with Crippen molar-refractivity contribution in [1.82, 2.24) is 5.32 Å². The molecule has 0 aliphatic heterocycles. The molecule has 0 saturated heterocycles. The van der Waals surface area contributed by atoms with Gasteiger partial charge in [0.1, 0.15) is 6.54 Å². The van der Waals surface area contributed by atoms with Crippen LogP contribution >= 0.6 is 11.8 Å². The van der Waals surface area contributed by atoms with E-state index in [4.69, 9.17) is 0 Å². The second-order valence-corrected chi connectivity index (χ2v) is 11.6. The van der Waals surface area contributed by atoms with Gasteiger partial charge >= 0.3 is 0 Å². The zero-order valence-corrected chi connectivity index (χ0v) is 21.8. The van der Waals surface area contributed by atoms with Gasteiger partial charge in [0.2, 0.25) is 5.91 Å². The van der Waals surface area contributed by atoms with Crippen molar-refractivity contribution in [2.24, 2.45) is 0 Å². The molecule has 0 radical (unpaired) electrons. The number of sulfonamides is 1. The predicted molar refractivity (Wildman–Crippen MR) is 141 cm³/mol. The topological polar surface area (TPSA) is 66.5 Å². The van der Waals surface area contributed by atoms with E-state index in [0.29, 0.717) is 12.2 Å². The molecule has 3 aromatic rings. The van der Waals surface area contributed by atoms with E-state index in [1.165, 1.54) is 14.8 Å². The minimum Gasteiger partial charge on any atom is -0.354 e. The Labute approximate surface area is 207 Å². The Morgan fingerprint density at radius 2 is 1.38 bits per heavy atom. The molecule has 0 atom stereocenters. The third-order valence-corrected chi connectivity index (χ3v) is 8.21. The molecule has 0 unspecified atom stereocenters. The van der Waals surface area contributed by atoms with Gasteiger partial charge in [0.15, 0.2) is 0 Å². The number of amides is 1. The van der Waals surface area contributed by atoms with E-state index in [1.54, 1.807) is 48.2 Å². The first kappa shape index (κ1) is 25.8. The van der Waals surface area contributed by atoms with Gasteiger partial charge in [0.05, 0.1) is 10.6 Å². The molecule has 0 saturated carbocycles. The van der Waals surface area contributed by atoms with Gasteiger partial charge in [0, 0.05) is 11.4 Å². The van der Waals surface area contributed by atoms with Gasteiger partial charge in [-0.15, -0.1) is 11.8 Å². The third kappa shape index (κ3) is 7.11. The summed E-state index contributed by atoms with van der Waals surface area (Å²) in [6, 6.07) is 20.6. The molecule has 7 heteroatoms. The Bertz CT molecular complexity index is 1200. The molecule has 0 bridgehead atoms. The average Bonchev–Trinajstić information content (AvgIpc) is 2.78. The largest absolute Gasteiger partial charge is 0.354 e. The fraction of sp³-hybridized carbons (Fsp3) is 0.296. The molecule has 1 amide bonds. The van der Waals surface area contributed by atoms with Crippen molar-refractivity contribution in [1.29, 1.82) is 0 Å². The molecule has 0 fully saturated rings. The maximum atomic E-state index is 13.5. The summed E-state index contributed by atoms with van der Waals surface area (Å²) in [5.41, 5.74) is 4.56. The molecule has 3 aromatic carbocycles. The van der Waals surface area contributed by atoms with Crippen LogP contribution in [0.5, 0.6) is 0 Å². The SMILES string of the molecule is Cc1ccc(SCCCNC(=O)CN(c2cc(C)cc(C)c2)S(=O)(=O)c2ccc(C)cc2)cc1. The van der Waals surface area contributed by atoms with E-state index in [1.807, 2.05) is 26.8 Å². The lowest BCUT2D eigenvalue weighted by molar-refractivity contribution is -0.119. The van der Waals surface area contributed by atoms with E-state index in [9.17, 15) is 13.2 Å². The van der Waals surface area contributed by atoms with Crippen LogP contribution in [0.3, 0.4) is 0 Å². The Morgan fingerprint density at radius 1 is 0.824 bits per heavy atom. The van der Waals surface area contributed by atoms with E-state index in [0.717, 1.165) is 28.9 Å². The van der Waals surface area contributed by atoms with E-state index in [-0.39, 0.29) is 17.3 Å². The maximum Gasteiger partial charge on any atom is 0.264 e. The molecule has 3 rings (SSSR count). The summed E-state index contributed by atoms with van der Waals surface area (Å²) < 4.78 is 28.2. The summed E-state index contributed by atoms with van der Waals surface area (Å²) >= 11 is 1.74. The first-order valence-electron chi connectivity index (χ1n) is 11.3. The normalized spacial score (nSPS) is 11.3. The summed E-state index contributed by atoms with van der Waals surface area (Å²) in [5.74, 6) is 0.543. The lowest BCUT2D eigenvalue weighted by atomic mass is 10.1. The number of anilines is 1. The predicted octanol–water partition coefficient (Wildman–Crippen LogP) is 5.41. The van der Waals surface area contributed by atoms with E-state index >= 15 is 0 Å². The minimum absolute atomic E-state index is 0.166. The number of hydrogen-bond donors (Lipinski definition) is 1. The van der Waals surface area contributed by atoms with E-state index in [2.05, 4.69) is 36.5 Å². The van der Waals surface area contributed by atoms with Crippen molar-refractivity contribution in [3.8, 4) is 0 Å². The summed E-state index contributed by atoms with van der Waals surface area (Å²) in [5, 5.41) is 2.88. The Hall–Kier alpha value is -2.77. The fourth-order valence-electron chi connectivity index (χ4n) is 3.56. The fourth-order valence-corrected chi connectivity index (χ4v) is 5.82. The zero-order chi connectivity index (χ0) is 24.7. The van der Waals surface area contributed by atoms with Gasteiger partial charge in [-0.05, 0) is 87.4 Å². The smallest absolute Gasteiger partial charge is 0.264 e. The maximum absolute atomic E-state index is 13.5. The molecule has 34 heavy (non-hydrogen) atoms. The monoisotopic (exact) mass is 496 g/mol. The van der Waals surface area contributed by atoms with Gasteiger partial charge in [0.25, 0.3) is 10.0 Å². The molecule has 180 valence electrons. The first-order chi connectivity index (χ1) is 16.1. The standard InChI is InChI=1S/C27H32N2O3S2/c1-20-6-10-25(11-7-20)33-15-5-14-28-27(30)19-29(24-17-22(3)16-23(4)18-24)34(31,32)26-12-8-21(2)9-13-26/h6-13,16-18H,5,14-15,19H2,1-4H3,(H,28,30). The quantitative estimate of drug-likeness (QED) is 0.301. The Morgan fingerprint density at radius 3 is 1.97 bits per heavy atom. The van der Waals surface area contributed by atoms with Crippen LogP contribution in [0.2, 0.25) is 0 Å². The molecule has 1 N–H and O–H groups in total. The van der Waals surface area contributed by atoms with Crippen LogP contribution in [0.15, 0.2) is 76.5 Å². The third-order valence-electron chi connectivity index (χ3n) is 5.32. The molecule has 0 spiro atoms. The number of benzene rings is 3. The van der Waals surface area contributed by atoms with Gasteiger partial charge in [-0.3, -0.25) is 9.10 Å². The average molecular weight is 497 g/mol. The molecule has 0 aliphatic rings. The zero-order valence-electron chi connectivity index (χ0n) is 20.2. The highest BCUT2D eigenvalue weighted by molar-refractivity contribution is 7.99. The molecule has 0 aliphatic carbocycles. The van der Waals surface area contributed by atoms with Crippen molar-refractivity contribution in [3.63, 3.8) is 0 Å². The van der Waals surface area contributed by atoms with Gasteiger partial charge in [-0.1, -0.05) is 41.5 Å². The number of hydrogen-bond acceptors (Lipinski definition) is 4. The minimum atomic E-state index is -3.91. The van der Waals surface area contributed by atoms with Crippen molar-refractivity contribution in [2.45, 2.75) is 43.9 Å². The van der Waals surface area contributed by atoms with Crippen LogP contribution in [0, 0.1) is 27.7 Å². The Kier molecular flexibility index (Phi) is 8.80. The second kappa shape index (κ2) is 11.6. The second-order valence-electron chi connectivity index (χ2n) is 8.54. The van der Waals surface area contributed by atoms with Crippen LogP contribution in [-0.2, 0) is 14.8 Å². The number of thioether (sulfide) groups is 1. The Balaban J connectivity index is 1.68. The van der Waals surface area contributed by atoms with Crippen molar-refractivity contribution in [2.75, 3.05) is 23.1 Å². The summed E-state index contributed by atoms with van der Waals surface area (Å²) in [7, 11) is -3.91. The van der Waals surface area contributed by atoms with Gasteiger partial charge < -0.3 is 5.32 Å². The number of nitrogens with one attached hydrogen (secondary N) is 1. The first-order valence-corrected chi connectivity index (χ1v) is 13.7. The lowest BCUT2D eigenvalue weighted by Crippen LogP contribution is -2.41. The number of aryl methyl sites for hydroxylation is 4. The van der Waals surface area contributed by atoms with Crippen LogP contribution in [-0.4, -0.2) is 33.2 Å². The summed E-state index contributed by atoms with van der Waals surface area (Å²) in [4.78, 5) is 14.1. The highest BCUT2D eigenvalue weighted by Gasteiger charge is 2.27. The van der Waals surface area contributed by atoms with Crippen molar-refractivity contribution >= 4 is 33.4 Å². The number of nitrogens with zero attached hydrogens (tertiary/aromatic N) is 1. The highest BCUT2D eigenvalue weighted by atomic mass is 32.2. The van der Waals surface area contributed by atoms with Crippen LogP contribution in [0.1, 0.15) is 28.7 Å².